The Morgan fingerprint density at radius 1 is 1.37 bits per heavy atom. The number of halogens is 1. The number of anilines is 1. The number of thiophene rings is 1. The molecule has 0 atom stereocenters. The summed E-state index contributed by atoms with van der Waals surface area (Å²) >= 11 is 1.06. The van der Waals surface area contributed by atoms with Crippen LogP contribution in [0.2, 0.25) is 0 Å². The van der Waals surface area contributed by atoms with Gasteiger partial charge in [-0.15, -0.1) is 11.3 Å². The molecule has 2 aromatic rings. The first-order chi connectivity index (χ1) is 8.92. The van der Waals surface area contributed by atoms with Crippen LogP contribution in [0.4, 0.5) is 10.1 Å². The Morgan fingerprint density at radius 2 is 2.11 bits per heavy atom. The molecule has 1 aromatic carbocycles. The minimum Gasteiger partial charge on any atom is -0.326 e. The minimum atomic E-state index is -3.76. The predicted molar refractivity (Wildman–Crippen MR) is 74.2 cm³/mol. The van der Waals surface area contributed by atoms with Crippen molar-refractivity contribution in [2.45, 2.75) is 17.7 Å². The van der Waals surface area contributed by atoms with Crippen LogP contribution in [0.5, 0.6) is 0 Å². The Kier molecular flexibility index (Phi) is 3.88. The summed E-state index contributed by atoms with van der Waals surface area (Å²) in [5.74, 6) is -0.598. The molecule has 0 radical (unpaired) electrons. The van der Waals surface area contributed by atoms with Gasteiger partial charge in [-0.1, -0.05) is 6.07 Å². The highest BCUT2D eigenvalue weighted by Gasteiger charge is 2.18. The number of aryl methyl sites for hydroxylation is 1. The first-order valence-corrected chi connectivity index (χ1v) is 7.85. The summed E-state index contributed by atoms with van der Waals surface area (Å²) in [5, 5.41) is 1.67. The average molecular weight is 300 g/mol. The third kappa shape index (κ3) is 3.12. The molecular formula is C12H13FN2O2S2. The van der Waals surface area contributed by atoms with E-state index in [1.807, 2.05) is 0 Å². The number of nitrogens with one attached hydrogen (secondary N) is 1. The van der Waals surface area contributed by atoms with Crippen LogP contribution < -0.4 is 10.5 Å². The first-order valence-electron chi connectivity index (χ1n) is 5.49. The van der Waals surface area contributed by atoms with Crippen LogP contribution in [-0.2, 0) is 16.6 Å². The molecule has 0 spiro atoms. The fourth-order valence-electron chi connectivity index (χ4n) is 1.50. The van der Waals surface area contributed by atoms with Gasteiger partial charge in [0.05, 0.1) is 5.69 Å². The highest BCUT2D eigenvalue weighted by molar-refractivity contribution is 7.94. The lowest BCUT2D eigenvalue weighted by atomic mass is 10.2. The van der Waals surface area contributed by atoms with Crippen LogP contribution in [-0.4, -0.2) is 8.42 Å². The van der Waals surface area contributed by atoms with E-state index in [1.54, 1.807) is 18.4 Å². The molecule has 0 saturated heterocycles. The van der Waals surface area contributed by atoms with Crippen molar-refractivity contribution >= 4 is 27.0 Å². The second kappa shape index (κ2) is 5.28. The molecule has 2 rings (SSSR count). The van der Waals surface area contributed by atoms with Gasteiger partial charge in [0.1, 0.15) is 10.0 Å². The van der Waals surface area contributed by atoms with Crippen LogP contribution in [0, 0.1) is 12.7 Å². The summed E-state index contributed by atoms with van der Waals surface area (Å²) in [5.41, 5.74) is 6.82. The Bertz CT molecular complexity index is 696. The van der Waals surface area contributed by atoms with Gasteiger partial charge in [-0.2, -0.15) is 0 Å². The molecule has 1 aromatic heterocycles. The largest absolute Gasteiger partial charge is 0.326 e. The van der Waals surface area contributed by atoms with E-state index in [-0.39, 0.29) is 16.4 Å². The number of rotatable bonds is 4. The zero-order chi connectivity index (χ0) is 14.0. The first kappa shape index (κ1) is 14.0. The fraction of sp³-hybridized carbons (Fsp3) is 0.167. The van der Waals surface area contributed by atoms with Gasteiger partial charge in [-0.05, 0) is 41.6 Å². The van der Waals surface area contributed by atoms with Crippen molar-refractivity contribution in [3.05, 3.63) is 46.6 Å². The topological polar surface area (TPSA) is 72.2 Å². The van der Waals surface area contributed by atoms with Gasteiger partial charge >= 0.3 is 0 Å². The van der Waals surface area contributed by atoms with Gasteiger partial charge in [0.2, 0.25) is 0 Å². The van der Waals surface area contributed by atoms with Gasteiger partial charge in [0.15, 0.2) is 0 Å². The molecule has 0 fully saturated rings. The number of nitrogens with two attached hydrogens (primary N) is 1. The van der Waals surface area contributed by atoms with Gasteiger partial charge < -0.3 is 5.73 Å². The summed E-state index contributed by atoms with van der Waals surface area (Å²) in [7, 11) is -3.76. The lowest BCUT2D eigenvalue weighted by Crippen LogP contribution is -2.12. The van der Waals surface area contributed by atoms with Crippen molar-refractivity contribution in [2.24, 2.45) is 5.73 Å². The molecule has 0 unspecified atom stereocenters. The molecule has 0 aliphatic heterocycles. The highest BCUT2D eigenvalue weighted by Crippen LogP contribution is 2.24. The van der Waals surface area contributed by atoms with Crippen molar-refractivity contribution in [3.8, 4) is 0 Å². The van der Waals surface area contributed by atoms with Crippen molar-refractivity contribution in [2.75, 3.05) is 4.72 Å². The van der Waals surface area contributed by atoms with Crippen molar-refractivity contribution in [1.82, 2.24) is 0 Å². The number of hydrogen-bond donors (Lipinski definition) is 2. The lowest BCUT2D eigenvalue weighted by Gasteiger charge is -2.07. The summed E-state index contributed by atoms with van der Waals surface area (Å²) in [4.78, 5) is 0. The van der Waals surface area contributed by atoms with E-state index in [0.717, 1.165) is 22.5 Å². The number of hydrogen-bond acceptors (Lipinski definition) is 4. The summed E-state index contributed by atoms with van der Waals surface area (Å²) in [6, 6.07) is 5.80. The van der Waals surface area contributed by atoms with E-state index in [9.17, 15) is 12.8 Å². The fourth-order valence-corrected chi connectivity index (χ4v) is 3.79. The third-order valence-corrected chi connectivity index (χ3v) is 5.35. The molecule has 0 aliphatic rings. The van der Waals surface area contributed by atoms with Crippen LogP contribution in [0.15, 0.2) is 33.9 Å². The predicted octanol–water partition coefficient (Wildman–Crippen LogP) is 2.46. The zero-order valence-electron chi connectivity index (χ0n) is 10.2. The van der Waals surface area contributed by atoms with Gasteiger partial charge in [0.25, 0.3) is 10.0 Å². The maximum absolute atomic E-state index is 13.6. The molecule has 7 heteroatoms. The van der Waals surface area contributed by atoms with Crippen LogP contribution >= 0.6 is 11.3 Å². The smallest absolute Gasteiger partial charge is 0.271 e. The van der Waals surface area contributed by atoms with Crippen LogP contribution in [0.3, 0.4) is 0 Å². The van der Waals surface area contributed by atoms with Crippen LogP contribution in [0.25, 0.3) is 0 Å². The maximum atomic E-state index is 13.6. The Balaban J connectivity index is 2.30. The van der Waals surface area contributed by atoms with E-state index in [0.29, 0.717) is 0 Å². The molecule has 102 valence electrons. The number of benzene rings is 1. The molecule has 4 nitrogen and oxygen atoms in total. The van der Waals surface area contributed by atoms with E-state index in [4.69, 9.17) is 5.73 Å². The summed E-state index contributed by atoms with van der Waals surface area (Å²) in [6.07, 6.45) is 0. The Hall–Kier alpha value is -1.44. The van der Waals surface area contributed by atoms with E-state index in [2.05, 4.69) is 4.72 Å². The zero-order valence-corrected chi connectivity index (χ0v) is 11.8. The summed E-state index contributed by atoms with van der Waals surface area (Å²) in [6.45, 7) is 2.00. The molecule has 3 N–H and O–H groups in total. The molecule has 0 bridgehead atoms. The van der Waals surface area contributed by atoms with Crippen LogP contribution in [0.1, 0.15) is 11.1 Å². The van der Waals surface area contributed by atoms with E-state index < -0.39 is 15.8 Å². The standard InChI is InChI=1S/C12H13FN2O2S2/c1-8-2-3-11(10(13)4-8)15-19(16,17)12-5-9(6-14)7-18-12/h2-5,7,15H,6,14H2,1H3. The molecular weight excluding hydrogens is 287 g/mol. The highest BCUT2D eigenvalue weighted by atomic mass is 32.2. The second-order valence-electron chi connectivity index (χ2n) is 4.07. The van der Waals surface area contributed by atoms with Gasteiger partial charge in [-0.3, -0.25) is 4.72 Å². The maximum Gasteiger partial charge on any atom is 0.271 e. The Labute approximate surface area is 115 Å². The SMILES string of the molecule is Cc1ccc(NS(=O)(=O)c2cc(CN)cs2)c(F)c1. The Morgan fingerprint density at radius 3 is 2.68 bits per heavy atom. The van der Waals surface area contributed by atoms with E-state index >= 15 is 0 Å². The average Bonchev–Trinajstić information content (AvgIpc) is 2.82. The molecule has 0 saturated carbocycles. The third-order valence-electron chi connectivity index (χ3n) is 2.50. The van der Waals surface area contributed by atoms with Gasteiger partial charge in [-0.25, -0.2) is 12.8 Å². The quantitative estimate of drug-likeness (QED) is 0.911. The molecule has 0 amide bonds. The van der Waals surface area contributed by atoms with Gasteiger partial charge in [0, 0.05) is 6.54 Å². The van der Waals surface area contributed by atoms with Crippen molar-refractivity contribution in [3.63, 3.8) is 0 Å². The molecule has 1 heterocycles. The monoisotopic (exact) mass is 300 g/mol. The molecule has 19 heavy (non-hydrogen) atoms. The lowest BCUT2D eigenvalue weighted by molar-refractivity contribution is 0.600. The van der Waals surface area contributed by atoms with Crippen molar-refractivity contribution in [1.29, 1.82) is 0 Å². The second-order valence-corrected chi connectivity index (χ2v) is 6.89. The number of sulfonamides is 1. The normalized spacial score (nSPS) is 11.5. The van der Waals surface area contributed by atoms with Crippen molar-refractivity contribution < 1.29 is 12.8 Å². The molecule has 0 aliphatic carbocycles. The summed E-state index contributed by atoms with van der Waals surface area (Å²) < 4.78 is 40.1. The minimum absolute atomic E-state index is 0.0618. The van der Waals surface area contributed by atoms with E-state index in [1.165, 1.54) is 18.2 Å².